The summed E-state index contributed by atoms with van der Waals surface area (Å²) >= 11 is 0. The van der Waals surface area contributed by atoms with Crippen molar-refractivity contribution >= 4 is 21.6 Å². The summed E-state index contributed by atoms with van der Waals surface area (Å²) in [6, 6.07) is 21.2. The molecular weight excluding hydrogens is 410 g/mol. The van der Waals surface area contributed by atoms with E-state index in [0.29, 0.717) is 5.56 Å². The van der Waals surface area contributed by atoms with Crippen molar-refractivity contribution in [3.05, 3.63) is 83.4 Å². The van der Waals surface area contributed by atoms with Crippen LogP contribution in [0, 0.1) is 0 Å². The number of nitrogens with one attached hydrogen (secondary N) is 2. The summed E-state index contributed by atoms with van der Waals surface area (Å²) in [7, 11) is -0.593. The molecule has 0 radical (unpaired) electrons. The molecule has 0 atom stereocenters. The number of hydrogen-bond acceptors (Lipinski definition) is 4. The summed E-state index contributed by atoms with van der Waals surface area (Å²) in [6.07, 6.45) is 0.893. The van der Waals surface area contributed by atoms with Crippen molar-refractivity contribution in [1.82, 2.24) is 9.62 Å². The van der Waals surface area contributed by atoms with Gasteiger partial charge in [-0.05, 0) is 52.4 Å². The average molecular weight is 436 g/mol. The molecule has 4 rings (SSSR count). The Morgan fingerprint density at radius 1 is 0.935 bits per heavy atom. The Balaban J connectivity index is 1.37. The SMILES string of the molecule is CN(C)S(=O)(=O)c1ccccc1CNC(=O)CNc1ccc2c(c1)Cc1ccccc1-2. The van der Waals surface area contributed by atoms with E-state index in [1.54, 1.807) is 24.3 Å². The molecule has 3 aromatic rings. The van der Waals surface area contributed by atoms with Gasteiger partial charge in [0.15, 0.2) is 0 Å². The lowest BCUT2D eigenvalue weighted by atomic mass is 10.1. The maximum absolute atomic E-state index is 12.5. The molecule has 0 aliphatic heterocycles. The van der Waals surface area contributed by atoms with Gasteiger partial charge < -0.3 is 10.6 Å². The maximum Gasteiger partial charge on any atom is 0.242 e. The second kappa shape index (κ2) is 8.53. The lowest BCUT2D eigenvalue weighted by molar-refractivity contribution is -0.119. The number of carbonyl (C=O) groups is 1. The van der Waals surface area contributed by atoms with Crippen molar-refractivity contribution in [3.8, 4) is 11.1 Å². The van der Waals surface area contributed by atoms with E-state index in [1.807, 2.05) is 12.1 Å². The fraction of sp³-hybridized carbons (Fsp3) is 0.208. The van der Waals surface area contributed by atoms with Gasteiger partial charge in [-0.3, -0.25) is 4.79 Å². The van der Waals surface area contributed by atoms with Crippen LogP contribution in [-0.4, -0.2) is 39.3 Å². The Morgan fingerprint density at radius 3 is 2.45 bits per heavy atom. The molecule has 2 N–H and O–H groups in total. The van der Waals surface area contributed by atoms with Crippen LogP contribution in [-0.2, 0) is 27.8 Å². The van der Waals surface area contributed by atoms with Crippen LogP contribution in [0.3, 0.4) is 0 Å². The Labute approximate surface area is 183 Å². The molecule has 0 unspecified atom stereocenters. The van der Waals surface area contributed by atoms with Crippen molar-refractivity contribution in [2.75, 3.05) is 26.0 Å². The molecule has 0 saturated carbocycles. The third kappa shape index (κ3) is 4.33. The smallest absolute Gasteiger partial charge is 0.242 e. The molecule has 31 heavy (non-hydrogen) atoms. The standard InChI is InChI=1S/C24H25N3O3S/c1-27(2)31(29,30)23-10-6-4-8-18(23)15-26-24(28)16-25-20-11-12-22-19(14-20)13-17-7-3-5-9-21(17)22/h3-12,14,25H,13,15-16H2,1-2H3,(H,26,28). The summed E-state index contributed by atoms with van der Waals surface area (Å²) in [5.74, 6) is -0.208. The van der Waals surface area contributed by atoms with E-state index in [-0.39, 0.29) is 23.9 Å². The number of benzene rings is 3. The van der Waals surface area contributed by atoms with Gasteiger partial charge >= 0.3 is 0 Å². The number of amides is 1. The molecule has 1 amide bonds. The molecule has 0 saturated heterocycles. The Hall–Kier alpha value is -3.16. The minimum Gasteiger partial charge on any atom is -0.376 e. The second-order valence-corrected chi connectivity index (χ2v) is 9.85. The molecule has 0 spiro atoms. The van der Waals surface area contributed by atoms with E-state index < -0.39 is 10.0 Å². The van der Waals surface area contributed by atoms with Crippen LogP contribution in [0.5, 0.6) is 0 Å². The molecule has 0 aromatic heterocycles. The van der Waals surface area contributed by atoms with Crippen LogP contribution >= 0.6 is 0 Å². The summed E-state index contributed by atoms with van der Waals surface area (Å²) in [4.78, 5) is 12.6. The number of anilines is 1. The molecular formula is C24H25N3O3S. The monoisotopic (exact) mass is 435 g/mol. The van der Waals surface area contributed by atoms with E-state index in [4.69, 9.17) is 0 Å². The second-order valence-electron chi connectivity index (χ2n) is 7.73. The molecule has 0 fully saturated rings. The van der Waals surface area contributed by atoms with Crippen molar-refractivity contribution in [2.24, 2.45) is 0 Å². The number of hydrogen-bond donors (Lipinski definition) is 2. The highest BCUT2D eigenvalue weighted by Gasteiger charge is 2.21. The predicted molar refractivity (Wildman–Crippen MR) is 122 cm³/mol. The number of carbonyl (C=O) groups excluding carboxylic acids is 1. The number of sulfonamides is 1. The van der Waals surface area contributed by atoms with Crippen LogP contribution in [0.1, 0.15) is 16.7 Å². The molecule has 7 heteroatoms. The highest BCUT2D eigenvalue weighted by molar-refractivity contribution is 7.89. The van der Waals surface area contributed by atoms with Crippen molar-refractivity contribution in [1.29, 1.82) is 0 Å². The van der Waals surface area contributed by atoms with Gasteiger partial charge in [0.1, 0.15) is 0 Å². The minimum absolute atomic E-state index is 0.105. The first-order valence-corrected chi connectivity index (χ1v) is 11.5. The zero-order valence-corrected chi connectivity index (χ0v) is 18.4. The van der Waals surface area contributed by atoms with Gasteiger partial charge in [-0.1, -0.05) is 48.5 Å². The Morgan fingerprint density at radius 2 is 1.65 bits per heavy atom. The third-order valence-corrected chi connectivity index (χ3v) is 7.37. The highest BCUT2D eigenvalue weighted by atomic mass is 32.2. The van der Waals surface area contributed by atoms with Crippen molar-refractivity contribution in [2.45, 2.75) is 17.9 Å². The largest absolute Gasteiger partial charge is 0.376 e. The van der Waals surface area contributed by atoms with Gasteiger partial charge in [-0.2, -0.15) is 0 Å². The van der Waals surface area contributed by atoms with Crippen LogP contribution in [0.2, 0.25) is 0 Å². The molecule has 0 heterocycles. The lowest BCUT2D eigenvalue weighted by Gasteiger charge is -2.15. The van der Waals surface area contributed by atoms with E-state index >= 15 is 0 Å². The van der Waals surface area contributed by atoms with Crippen molar-refractivity contribution < 1.29 is 13.2 Å². The third-order valence-electron chi connectivity index (χ3n) is 5.45. The molecule has 0 bridgehead atoms. The first-order valence-electron chi connectivity index (χ1n) is 10.1. The van der Waals surface area contributed by atoms with Crippen LogP contribution in [0.4, 0.5) is 5.69 Å². The number of rotatable bonds is 7. The van der Waals surface area contributed by atoms with E-state index in [2.05, 4.69) is 41.0 Å². The Kier molecular flexibility index (Phi) is 5.80. The predicted octanol–water partition coefficient (Wildman–Crippen LogP) is 3.24. The summed E-state index contributed by atoms with van der Waals surface area (Å²) in [5.41, 5.74) is 6.52. The van der Waals surface area contributed by atoms with Crippen LogP contribution in [0.25, 0.3) is 11.1 Å². The Bertz CT molecular complexity index is 1240. The molecule has 3 aromatic carbocycles. The van der Waals surface area contributed by atoms with Crippen LogP contribution < -0.4 is 10.6 Å². The van der Waals surface area contributed by atoms with Gasteiger partial charge in [0.05, 0.1) is 11.4 Å². The first-order chi connectivity index (χ1) is 14.9. The topological polar surface area (TPSA) is 78.5 Å². The van der Waals surface area contributed by atoms with E-state index in [0.717, 1.165) is 12.1 Å². The first kappa shape index (κ1) is 21.1. The molecule has 1 aliphatic rings. The minimum atomic E-state index is -3.57. The fourth-order valence-corrected chi connectivity index (χ4v) is 4.91. The molecule has 1 aliphatic carbocycles. The van der Waals surface area contributed by atoms with Gasteiger partial charge in [0.2, 0.25) is 15.9 Å². The van der Waals surface area contributed by atoms with E-state index in [1.165, 1.54) is 40.7 Å². The van der Waals surface area contributed by atoms with Gasteiger partial charge in [-0.15, -0.1) is 0 Å². The van der Waals surface area contributed by atoms with Crippen molar-refractivity contribution in [3.63, 3.8) is 0 Å². The fourth-order valence-electron chi connectivity index (χ4n) is 3.79. The summed E-state index contributed by atoms with van der Waals surface area (Å²) in [6.45, 7) is 0.248. The van der Waals surface area contributed by atoms with E-state index in [9.17, 15) is 13.2 Å². The zero-order chi connectivity index (χ0) is 22.0. The molecule has 6 nitrogen and oxygen atoms in total. The van der Waals surface area contributed by atoms with Gasteiger partial charge in [0.25, 0.3) is 0 Å². The lowest BCUT2D eigenvalue weighted by Crippen LogP contribution is -2.30. The summed E-state index contributed by atoms with van der Waals surface area (Å²) < 4.78 is 26.1. The quantitative estimate of drug-likeness (QED) is 0.467. The molecule has 160 valence electrons. The van der Waals surface area contributed by atoms with Gasteiger partial charge in [0, 0.05) is 26.3 Å². The number of nitrogens with zero attached hydrogens (tertiary/aromatic N) is 1. The average Bonchev–Trinajstić information content (AvgIpc) is 3.14. The number of fused-ring (bicyclic) bond motifs is 3. The zero-order valence-electron chi connectivity index (χ0n) is 17.6. The normalized spacial score (nSPS) is 12.4. The van der Waals surface area contributed by atoms with Gasteiger partial charge in [-0.25, -0.2) is 12.7 Å². The highest BCUT2D eigenvalue weighted by Crippen LogP contribution is 2.37. The summed E-state index contributed by atoms with van der Waals surface area (Å²) in [5, 5.41) is 5.96. The van der Waals surface area contributed by atoms with Crippen LogP contribution in [0.15, 0.2) is 71.6 Å². The maximum atomic E-state index is 12.5.